The highest BCUT2D eigenvalue weighted by atomic mass is 16.3. The van der Waals surface area contributed by atoms with Gasteiger partial charge in [-0.15, -0.1) is 0 Å². The van der Waals surface area contributed by atoms with Crippen molar-refractivity contribution in [2.45, 2.75) is 25.2 Å². The van der Waals surface area contributed by atoms with Crippen LogP contribution in [0.5, 0.6) is 0 Å². The number of aliphatic hydroxyl groups excluding tert-OH is 1. The summed E-state index contributed by atoms with van der Waals surface area (Å²) in [6.07, 6.45) is 1.99. The molecule has 2 aliphatic rings. The van der Waals surface area contributed by atoms with E-state index in [0.29, 0.717) is 17.7 Å². The van der Waals surface area contributed by atoms with E-state index in [1.807, 2.05) is 25.1 Å². The Hall–Kier alpha value is -3.37. The molecule has 1 saturated heterocycles. The molecular weight excluding hydrogens is 344 g/mol. The molecule has 3 amide bonds. The highest BCUT2D eigenvalue weighted by Gasteiger charge is 2.48. The Morgan fingerprint density at radius 1 is 1.37 bits per heavy atom. The first-order valence-electron chi connectivity index (χ1n) is 8.56. The number of urea groups is 1. The molecule has 3 heterocycles. The predicted molar refractivity (Wildman–Crippen MR) is 97.4 cm³/mol. The molecule has 2 aliphatic heterocycles. The minimum atomic E-state index is -1.31. The number of nitrogens with one attached hydrogen (secondary N) is 2. The number of fused-ring (bicyclic) bond motifs is 1. The number of hydrogen-bond donors (Lipinski definition) is 3. The number of benzene rings is 1. The van der Waals surface area contributed by atoms with Gasteiger partial charge in [0.2, 0.25) is 0 Å². The van der Waals surface area contributed by atoms with Gasteiger partial charge in [0.05, 0.1) is 6.54 Å². The number of aryl methyl sites for hydroxylation is 1. The molecule has 4 rings (SSSR count). The molecule has 3 N–H and O–H groups in total. The van der Waals surface area contributed by atoms with Crippen molar-refractivity contribution in [1.29, 1.82) is 0 Å². The zero-order chi connectivity index (χ0) is 19.0. The van der Waals surface area contributed by atoms with Crippen LogP contribution in [0.25, 0.3) is 0 Å². The molecule has 0 bridgehead atoms. The van der Waals surface area contributed by atoms with E-state index in [9.17, 15) is 14.7 Å². The third kappa shape index (κ3) is 3.11. The van der Waals surface area contributed by atoms with Crippen molar-refractivity contribution in [1.82, 2.24) is 20.5 Å². The highest BCUT2D eigenvalue weighted by Crippen LogP contribution is 2.27. The number of rotatable bonds is 2. The molecular formula is C20H18N4O3. The van der Waals surface area contributed by atoms with Crippen molar-refractivity contribution in [3.05, 3.63) is 65.0 Å². The van der Waals surface area contributed by atoms with Crippen molar-refractivity contribution in [3.63, 3.8) is 0 Å². The normalized spacial score (nSPS) is 23.3. The number of carbonyl (C=O) groups excluding carboxylic acids is 2. The summed E-state index contributed by atoms with van der Waals surface area (Å²) in [6, 6.07) is 8.75. The molecule has 7 nitrogen and oxygen atoms in total. The van der Waals surface area contributed by atoms with E-state index < -0.39 is 17.8 Å². The maximum atomic E-state index is 12.8. The van der Waals surface area contributed by atoms with E-state index in [-0.39, 0.29) is 12.5 Å². The molecule has 136 valence electrons. The van der Waals surface area contributed by atoms with E-state index in [4.69, 9.17) is 0 Å². The highest BCUT2D eigenvalue weighted by molar-refractivity contribution is 5.98. The van der Waals surface area contributed by atoms with Gasteiger partial charge in [0.1, 0.15) is 0 Å². The Kier molecular flexibility index (Phi) is 4.05. The standard InChI is InChI=1S/C20H18N4O3/c1-13-4-5-15-11-24(17(25)16(15)9-13)12-20(18(26)22-19(27)23-20)7-6-14-3-2-8-21-10-14/h2-5,8-10,18,26H,11-12H2,1H3,(H2,22,23,27). The number of nitrogens with zero attached hydrogens (tertiary/aromatic N) is 2. The molecule has 27 heavy (non-hydrogen) atoms. The zero-order valence-corrected chi connectivity index (χ0v) is 14.7. The van der Waals surface area contributed by atoms with Crippen LogP contribution in [-0.2, 0) is 6.54 Å². The molecule has 2 aromatic rings. The van der Waals surface area contributed by atoms with E-state index >= 15 is 0 Å². The molecule has 1 aromatic heterocycles. The lowest BCUT2D eigenvalue weighted by atomic mass is 9.98. The van der Waals surface area contributed by atoms with Gasteiger partial charge >= 0.3 is 6.03 Å². The van der Waals surface area contributed by atoms with Gasteiger partial charge in [0.15, 0.2) is 11.8 Å². The number of amides is 3. The number of pyridine rings is 1. The third-order valence-electron chi connectivity index (χ3n) is 4.75. The monoisotopic (exact) mass is 362 g/mol. The molecule has 0 radical (unpaired) electrons. The van der Waals surface area contributed by atoms with Gasteiger partial charge in [-0.05, 0) is 30.7 Å². The number of aromatic nitrogens is 1. The second-order valence-electron chi connectivity index (χ2n) is 6.79. The van der Waals surface area contributed by atoms with E-state index in [2.05, 4.69) is 27.5 Å². The van der Waals surface area contributed by atoms with Crippen LogP contribution >= 0.6 is 0 Å². The molecule has 2 unspecified atom stereocenters. The van der Waals surface area contributed by atoms with Crippen molar-refractivity contribution in [3.8, 4) is 11.8 Å². The van der Waals surface area contributed by atoms with Crippen LogP contribution in [-0.4, -0.2) is 45.2 Å². The average molecular weight is 362 g/mol. The maximum Gasteiger partial charge on any atom is 0.318 e. The van der Waals surface area contributed by atoms with Gasteiger partial charge in [-0.3, -0.25) is 9.78 Å². The Morgan fingerprint density at radius 2 is 2.22 bits per heavy atom. The molecule has 7 heteroatoms. The van der Waals surface area contributed by atoms with Crippen LogP contribution in [0.3, 0.4) is 0 Å². The van der Waals surface area contributed by atoms with E-state index in [1.54, 1.807) is 29.4 Å². The Labute approximate surface area is 156 Å². The molecule has 2 atom stereocenters. The zero-order valence-electron chi connectivity index (χ0n) is 14.7. The van der Waals surface area contributed by atoms with Crippen LogP contribution in [0.4, 0.5) is 4.79 Å². The lowest BCUT2D eigenvalue weighted by Gasteiger charge is -2.30. The maximum absolute atomic E-state index is 12.8. The summed E-state index contributed by atoms with van der Waals surface area (Å²) in [4.78, 5) is 30.2. The Balaban J connectivity index is 1.65. The average Bonchev–Trinajstić information content (AvgIpc) is 3.11. The van der Waals surface area contributed by atoms with Crippen LogP contribution in [0.15, 0.2) is 42.7 Å². The SMILES string of the molecule is Cc1ccc2c(c1)C(=O)N(CC1(C#Cc3cccnc3)NC(=O)NC1O)C2. The quantitative estimate of drug-likeness (QED) is 0.688. The van der Waals surface area contributed by atoms with Crippen LogP contribution in [0, 0.1) is 18.8 Å². The van der Waals surface area contributed by atoms with Gasteiger partial charge in [0, 0.05) is 30.1 Å². The fourth-order valence-electron chi connectivity index (χ4n) is 3.34. The number of carbonyl (C=O) groups is 2. The van der Waals surface area contributed by atoms with Crippen molar-refractivity contribution in [2.75, 3.05) is 6.54 Å². The number of hydrogen-bond acceptors (Lipinski definition) is 4. The Morgan fingerprint density at radius 3 is 2.93 bits per heavy atom. The first-order valence-corrected chi connectivity index (χ1v) is 8.56. The van der Waals surface area contributed by atoms with Gasteiger partial charge < -0.3 is 20.6 Å². The molecule has 1 aromatic carbocycles. The molecule has 0 aliphatic carbocycles. The topological polar surface area (TPSA) is 94.6 Å². The van der Waals surface area contributed by atoms with Crippen molar-refractivity contribution < 1.29 is 14.7 Å². The summed E-state index contributed by atoms with van der Waals surface area (Å²) in [6.45, 7) is 2.40. The summed E-state index contributed by atoms with van der Waals surface area (Å²) in [7, 11) is 0. The number of aliphatic hydroxyl groups is 1. The largest absolute Gasteiger partial charge is 0.370 e. The second kappa shape index (κ2) is 6.41. The second-order valence-corrected chi connectivity index (χ2v) is 6.79. The van der Waals surface area contributed by atoms with Gasteiger partial charge in [-0.1, -0.05) is 29.5 Å². The van der Waals surface area contributed by atoms with E-state index in [1.165, 1.54) is 0 Å². The molecule has 0 spiro atoms. The van der Waals surface area contributed by atoms with Crippen LogP contribution in [0.2, 0.25) is 0 Å². The van der Waals surface area contributed by atoms with Gasteiger partial charge in [-0.25, -0.2) is 4.79 Å². The minimum Gasteiger partial charge on any atom is -0.370 e. The predicted octanol–water partition coefficient (Wildman–Crippen LogP) is 0.768. The lowest BCUT2D eigenvalue weighted by Crippen LogP contribution is -2.56. The summed E-state index contributed by atoms with van der Waals surface area (Å²) in [5, 5.41) is 15.5. The summed E-state index contributed by atoms with van der Waals surface area (Å²) < 4.78 is 0. The van der Waals surface area contributed by atoms with Crippen LogP contribution < -0.4 is 10.6 Å². The third-order valence-corrected chi connectivity index (χ3v) is 4.75. The first kappa shape index (κ1) is 17.1. The van der Waals surface area contributed by atoms with Crippen molar-refractivity contribution >= 4 is 11.9 Å². The fourth-order valence-corrected chi connectivity index (χ4v) is 3.34. The first-order chi connectivity index (χ1) is 13.0. The summed E-state index contributed by atoms with van der Waals surface area (Å²) in [5.74, 6) is 5.75. The summed E-state index contributed by atoms with van der Waals surface area (Å²) >= 11 is 0. The Bertz CT molecular complexity index is 980. The van der Waals surface area contributed by atoms with Gasteiger partial charge in [-0.2, -0.15) is 0 Å². The fraction of sp³-hybridized carbons (Fsp3) is 0.250. The smallest absolute Gasteiger partial charge is 0.318 e. The lowest BCUT2D eigenvalue weighted by molar-refractivity contribution is 0.0611. The van der Waals surface area contributed by atoms with E-state index in [0.717, 1.165) is 11.1 Å². The molecule has 0 saturated carbocycles. The van der Waals surface area contributed by atoms with Crippen LogP contribution in [0.1, 0.15) is 27.0 Å². The molecule has 1 fully saturated rings. The summed E-state index contributed by atoms with van der Waals surface area (Å²) in [5.41, 5.74) is 1.92. The van der Waals surface area contributed by atoms with Gasteiger partial charge in [0.25, 0.3) is 5.91 Å². The van der Waals surface area contributed by atoms with Crippen molar-refractivity contribution in [2.24, 2.45) is 0 Å². The minimum absolute atomic E-state index is 0.0622.